The van der Waals surface area contributed by atoms with Gasteiger partial charge in [-0.2, -0.15) is 5.10 Å². The Balaban J connectivity index is 1.87. The molecule has 1 aromatic heterocycles. The maximum atomic E-state index is 11.8. The average Bonchev–Trinajstić information content (AvgIpc) is 2.80. The third-order valence-electron chi connectivity index (χ3n) is 3.01. The molecule has 21 heavy (non-hydrogen) atoms. The minimum atomic E-state index is -3.29. The SMILES string of the molecule is CN(C)S(=O)(=O)CCNC(=O)Cn1cc2ccccc2n1. The summed E-state index contributed by atoms with van der Waals surface area (Å²) >= 11 is 0. The molecule has 0 unspecified atom stereocenters. The van der Waals surface area contributed by atoms with Crippen LogP contribution in [0.1, 0.15) is 0 Å². The smallest absolute Gasteiger partial charge is 0.241 e. The van der Waals surface area contributed by atoms with Gasteiger partial charge in [0.05, 0.1) is 11.3 Å². The highest BCUT2D eigenvalue weighted by atomic mass is 32.2. The molecular weight excluding hydrogens is 292 g/mol. The van der Waals surface area contributed by atoms with Gasteiger partial charge in [0.1, 0.15) is 6.54 Å². The second-order valence-electron chi connectivity index (χ2n) is 4.83. The second-order valence-corrected chi connectivity index (χ2v) is 7.14. The fraction of sp³-hybridized carbons (Fsp3) is 0.385. The van der Waals surface area contributed by atoms with Crippen molar-refractivity contribution in [2.24, 2.45) is 0 Å². The molecule has 1 amide bonds. The minimum absolute atomic E-state index is 0.0662. The Labute approximate surface area is 123 Å². The highest BCUT2D eigenvalue weighted by Gasteiger charge is 2.13. The first-order valence-electron chi connectivity index (χ1n) is 6.47. The van der Waals surface area contributed by atoms with Crippen LogP contribution in [0.4, 0.5) is 0 Å². The van der Waals surface area contributed by atoms with Crippen LogP contribution in [-0.2, 0) is 21.4 Å². The zero-order valence-electron chi connectivity index (χ0n) is 12.0. The van der Waals surface area contributed by atoms with Gasteiger partial charge in [-0.1, -0.05) is 18.2 Å². The lowest BCUT2D eigenvalue weighted by Gasteiger charge is -2.11. The van der Waals surface area contributed by atoms with Crippen LogP contribution >= 0.6 is 0 Å². The van der Waals surface area contributed by atoms with Gasteiger partial charge in [0.25, 0.3) is 0 Å². The van der Waals surface area contributed by atoms with E-state index in [1.807, 2.05) is 24.3 Å². The topological polar surface area (TPSA) is 84.3 Å². The van der Waals surface area contributed by atoms with Gasteiger partial charge in [-0.3, -0.25) is 9.48 Å². The maximum absolute atomic E-state index is 11.8. The molecule has 0 aliphatic carbocycles. The summed E-state index contributed by atoms with van der Waals surface area (Å²) < 4.78 is 25.8. The molecule has 0 aliphatic heterocycles. The number of amides is 1. The summed E-state index contributed by atoms with van der Waals surface area (Å²) in [5.74, 6) is -0.385. The van der Waals surface area contributed by atoms with Crippen LogP contribution < -0.4 is 5.32 Å². The number of hydrogen-bond donors (Lipinski definition) is 1. The average molecular weight is 310 g/mol. The molecular formula is C13H18N4O3S. The number of carbonyl (C=O) groups is 1. The number of hydrogen-bond acceptors (Lipinski definition) is 4. The van der Waals surface area contributed by atoms with Crippen LogP contribution in [0.5, 0.6) is 0 Å². The van der Waals surface area contributed by atoms with Gasteiger partial charge < -0.3 is 5.32 Å². The molecule has 114 valence electrons. The fourth-order valence-corrected chi connectivity index (χ4v) is 2.53. The number of benzene rings is 1. The first-order valence-corrected chi connectivity index (χ1v) is 8.08. The predicted octanol–water partition coefficient (Wildman–Crippen LogP) is 0.0439. The molecule has 2 aromatic rings. The quantitative estimate of drug-likeness (QED) is 0.817. The van der Waals surface area contributed by atoms with E-state index in [2.05, 4.69) is 10.4 Å². The number of nitrogens with one attached hydrogen (secondary N) is 1. The van der Waals surface area contributed by atoms with Crippen molar-refractivity contribution >= 4 is 26.8 Å². The van der Waals surface area contributed by atoms with Crippen molar-refractivity contribution in [3.05, 3.63) is 30.5 Å². The van der Waals surface area contributed by atoms with Crippen LogP contribution in [0.15, 0.2) is 30.5 Å². The summed E-state index contributed by atoms with van der Waals surface area (Å²) in [7, 11) is -0.362. The molecule has 0 fully saturated rings. The third-order valence-corrected chi connectivity index (χ3v) is 4.84. The number of aromatic nitrogens is 2. The first kappa shape index (κ1) is 15.5. The van der Waals surface area contributed by atoms with E-state index in [0.29, 0.717) is 0 Å². The summed E-state index contributed by atoms with van der Waals surface area (Å²) in [6.07, 6.45) is 1.78. The summed E-state index contributed by atoms with van der Waals surface area (Å²) in [4.78, 5) is 11.8. The van der Waals surface area contributed by atoms with Crippen molar-refractivity contribution in [2.75, 3.05) is 26.4 Å². The third kappa shape index (κ3) is 4.02. The zero-order chi connectivity index (χ0) is 15.5. The van der Waals surface area contributed by atoms with Crippen LogP contribution in [0.25, 0.3) is 10.9 Å². The Morgan fingerprint density at radius 2 is 2.05 bits per heavy atom. The Kier molecular flexibility index (Phi) is 4.59. The lowest BCUT2D eigenvalue weighted by molar-refractivity contribution is -0.121. The normalized spacial score (nSPS) is 12.0. The van der Waals surface area contributed by atoms with E-state index in [9.17, 15) is 13.2 Å². The number of sulfonamides is 1. The van der Waals surface area contributed by atoms with Gasteiger partial charge in [0, 0.05) is 32.2 Å². The van der Waals surface area contributed by atoms with Crippen molar-refractivity contribution in [1.82, 2.24) is 19.4 Å². The molecule has 0 spiro atoms. The second kappa shape index (κ2) is 6.23. The number of nitrogens with zero attached hydrogens (tertiary/aromatic N) is 3. The summed E-state index contributed by atoms with van der Waals surface area (Å²) in [5.41, 5.74) is 0.820. The van der Waals surface area contributed by atoms with Gasteiger partial charge in [-0.05, 0) is 6.07 Å². The first-order chi connectivity index (χ1) is 9.88. The number of fused-ring (bicyclic) bond motifs is 1. The van der Waals surface area contributed by atoms with Gasteiger partial charge in [-0.15, -0.1) is 0 Å². The number of carbonyl (C=O) groups excluding carboxylic acids is 1. The van der Waals surface area contributed by atoms with E-state index in [4.69, 9.17) is 0 Å². The van der Waals surface area contributed by atoms with Crippen molar-refractivity contribution in [3.8, 4) is 0 Å². The molecule has 8 heteroatoms. The van der Waals surface area contributed by atoms with Crippen molar-refractivity contribution < 1.29 is 13.2 Å². The van der Waals surface area contributed by atoms with Crippen LogP contribution in [-0.4, -0.2) is 54.8 Å². The lowest BCUT2D eigenvalue weighted by atomic mass is 10.3. The molecule has 7 nitrogen and oxygen atoms in total. The van der Waals surface area contributed by atoms with E-state index in [0.717, 1.165) is 15.2 Å². The van der Waals surface area contributed by atoms with E-state index in [-0.39, 0.29) is 24.7 Å². The number of rotatable bonds is 6. The minimum Gasteiger partial charge on any atom is -0.353 e. The van der Waals surface area contributed by atoms with E-state index < -0.39 is 10.0 Å². The summed E-state index contributed by atoms with van der Waals surface area (Å²) in [6, 6.07) is 7.57. The molecule has 1 aromatic carbocycles. The summed E-state index contributed by atoms with van der Waals surface area (Å²) in [6.45, 7) is 0.150. The highest BCUT2D eigenvalue weighted by molar-refractivity contribution is 7.89. The molecule has 0 saturated heterocycles. The Bertz CT molecular complexity index is 704. The Hall–Kier alpha value is -1.93. The monoisotopic (exact) mass is 310 g/mol. The van der Waals surface area contributed by atoms with Gasteiger partial charge in [0.15, 0.2) is 0 Å². The van der Waals surface area contributed by atoms with Crippen LogP contribution in [0, 0.1) is 0 Å². The molecule has 0 radical (unpaired) electrons. The summed E-state index contributed by atoms with van der Waals surface area (Å²) in [5, 5.41) is 7.81. The van der Waals surface area contributed by atoms with Crippen LogP contribution in [0.3, 0.4) is 0 Å². The van der Waals surface area contributed by atoms with Crippen molar-refractivity contribution in [1.29, 1.82) is 0 Å². The van der Waals surface area contributed by atoms with Crippen molar-refractivity contribution in [3.63, 3.8) is 0 Å². The largest absolute Gasteiger partial charge is 0.353 e. The Morgan fingerprint density at radius 1 is 1.33 bits per heavy atom. The highest BCUT2D eigenvalue weighted by Crippen LogP contribution is 2.10. The molecule has 0 saturated carbocycles. The standard InChI is InChI=1S/C13H18N4O3S/c1-16(2)21(19,20)8-7-14-13(18)10-17-9-11-5-3-4-6-12(11)15-17/h3-6,9H,7-8,10H2,1-2H3,(H,14,18). The fourth-order valence-electron chi connectivity index (χ4n) is 1.80. The van der Waals surface area contributed by atoms with Gasteiger partial charge >= 0.3 is 0 Å². The zero-order valence-corrected chi connectivity index (χ0v) is 12.8. The molecule has 0 aliphatic rings. The molecule has 0 atom stereocenters. The molecule has 1 heterocycles. The maximum Gasteiger partial charge on any atom is 0.241 e. The molecule has 1 N–H and O–H groups in total. The van der Waals surface area contributed by atoms with Gasteiger partial charge in [0.2, 0.25) is 15.9 Å². The van der Waals surface area contributed by atoms with E-state index in [1.165, 1.54) is 14.1 Å². The van der Waals surface area contributed by atoms with E-state index >= 15 is 0 Å². The molecule has 0 bridgehead atoms. The van der Waals surface area contributed by atoms with Crippen molar-refractivity contribution in [2.45, 2.75) is 6.54 Å². The Morgan fingerprint density at radius 3 is 2.71 bits per heavy atom. The van der Waals surface area contributed by atoms with Gasteiger partial charge in [-0.25, -0.2) is 12.7 Å². The molecule has 2 rings (SSSR count). The lowest BCUT2D eigenvalue weighted by Crippen LogP contribution is -2.35. The predicted molar refractivity (Wildman–Crippen MR) is 80.2 cm³/mol. The van der Waals surface area contributed by atoms with Crippen LogP contribution in [0.2, 0.25) is 0 Å². The van der Waals surface area contributed by atoms with E-state index in [1.54, 1.807) is 10.9 Å².